The number of morpholine rings is 1. The molecule has 4 fully saturated rings. The van der Waals surface area contributed by atoms with Crippen LogP contribution in [-0.2, 0) is 14.3 Å². The van der Waals surface area contributed by atoms with Gasteiger partial charge in [0, 0.05) is 38.1 Å². The Morgan fingerprint density at radius 3 is 2.11 bits per heavy atom. The Hall–Kier alpha value is -1.34. The highest BCUT2D eigenvalue weighted by atomic mass is 16.6. The van der Waals surface area contributed by atoms with E-state index in [9.17, 15) is 9.59 Å². The van der Waals surface area contributed by atoms with Crippen molar-refractivity contribution in [2.24, 2.45) is 17.8 Å². The minimum Gasteiger partial charge on any atom is -0.450 e. The predicted octanol–water partition coefficient (Wildman–Crippen LogP) is 1.42. The average Bonchev–Trinajstić information content (AvgIpc) is 3.15. The fraction of sp³-hybridized carbons (Fsp3) is 0.900. The van der Waals surface area contributed by atoms with Crippen LogP contribution in [0.3, 0.4) is 0 Å². The van der Waals surface area contributed by atoms with Gasteiger partial charge in [-0.1, -0.05) is 0 Å². The average molecular weight is 380 g/mol. The summed E-state index contributed by atoms with van der Waals surface area (Å²) >= 11 is 0. The maximum Gasteiger partial charge on any atom is 0.410 e. The summed E-state index contributed by atoms with van der Waals surface area (Å²) in [7, 11) is 0. The lowest BCUT2D eigenvalue weighted by atomic mass is 9.89. The van der Waals surface area contributed by atoms with E-state index in [1.54, 1.807) is 0 Å². The molecule has 0 N–H and O–H groups in total. The van der Waals surface area contributed by atoms with E-state index < -0.39 is 0 Å². The fourth-order valence-electron chi connectivity index (χ4n) is 5.65. The van der Waals surface area contributed by atoms with Crippen LogP contribution in [0, 0.1) is 17.8 Å². The Labute approximate surface area is 161 Å². The summed E-state index contributed by atoms with van der Waals surface area (Å²) in [5.74, 6) is 1.69. The van der Waals surface area contributed by atoms with Gasteiger partial charge in [0.1, 0.15) is 0 Å². The SMILES string of the molecule is CCOC(=O)N1C2COCC1CC(N1CC3C(C1)C3C(=O)N(CC)CC)C2. The van der Waals surface area contributed by atoms with Crippen LogP contribution >= 0.6 is 0 Å². The van der Waals surface area contributed by atoms with E-state index in [2.05, 4.69) is 18.7 Å². The van der Waals surface area contributed by atoms with Crippen LogP contribution < -0.4 is 0 Å². The number of carbonyl (C=O) groups is 2. The predicted molar refractivity (Wildman–Crippen MR) is 100 cm³/mol. The summed E-state index contributed by atoms with van der Waals surface area (Å²) in [6.07, 6.45) is 1.70. The lowest BCUT2D eigenvalue weighted by Gasteiger charge is -2.49. The second kappa shape index (κ2) is 7.59. The number of carbonyl (C=O) groups excluding carboxylic acids is 2. The Morgan fingerprint density at radius 1 is 1.00 bits per heavy atom. The summed E-state index contributed by atoms with van der Waals surface area (Å²) < 4.78 is 11.0. The monoisotopic (exact) mass is 379 g/mol. The first-order valence-corrected chi connectivity index (χ1v) is 10.6. The van der Waals surface area contributed by atoms with Crippen molar-refractivity contribution in [1.29, 1.82) is 0 Å². The molecule has 0 aromatic rings. The molecule has 3 heterocycles. The Bertz CT molecular complexity index is 556. The summed E-state index contributed by atoms with van der Waals surface area (Å²) in [5.41, 5.74) is 0. The highest BCUT2D eigenvalue weighted by Gasteiger charge is 2.61. The van der Waals surface area contributed by atoms with Crippen LogP contribution in [0.2, 0.25) is 0 Å². The second-order valence-corrected chi connectivity index (χ2v) is 8.39. The fourth-order valence-corrected chi connectivity index (χ4v) is 5.65. The van der Waals surface area contributed by atoms with Gasteiger partial charge in [0.25, 0.3) is 0 Å². The number of piperidine rings is 2. The van der Waals surface area contributed by atoms with Gasteiger partial charge in [-0.15, -0.1) is 0 Å². The van der Waals surface area contributed by atoms with E-state index in [-0.39, 0.29) is 24.1 Å². The molecule has 152 valence electrons. The summed E-state index contributed by atoms with van der Waals surface area (Å²) in [6, 6.07) is 0.727. The third-order valence-electron chi connectivity index (χ3n) is 7.07. The van der Waals surface area contributed by atoms with E-state index in [0.29, 0.717) is 43.6 Å². The smallest absolute Gasteiger partial charge is 0.410 e. The van der Waals surface area contributed by atoms with E-state index in [1.165, 1.54) is 0 Å². The molecule has 7 heteroatoms. The summed E-state index contributed by atoms with van der Waals surface area (Å²) in [6.45, 7) is 11.3. The van der Waals surface area contributed by atoms with Crippen LogP contribution in [0.25, 0.3) is 0 Å². The van der Waals surface area contributed by atoms with Crippen molar-refractivity contribution in [3.05, 3.63) is 0 Å². The molecule has 3 aliphatic heterocycles. The minimum atomic E-state index is -0.191. The van der Waals surface area contributed by atoms with Gasteiger partial charge in [-0.05, 0) is 45.4 Å². The molecular weight excluding hydrogens is 346 g/mol. The molecule has 4 aliphatic rings. The number of ether oxygens (including phenoxy) is 2. The van der Waals surface area contributed by atoms with E-state index in [0.717, 1.165) is 39.0 Å². The first-order valence-electron chi connectivity index (χ1n) is 10.6. The molecule has 2 amide bonds. The summed E-state index contributed by atoms with van der Waals surface area (Å²) in [4.78, 5) is 31.4. The quantitative estimate of drug-likeness (QED) is 0.723. The largest absolute Gasteiger partial charge is 0.450 e. The molecule has 4 unspecified atom stereocenters. The van der Waals surface area contributed by atoms with Crippen molar-refractivity contribution in [3.63, 3.8) is 0 Å². The highest BCUT2D eigenvalue weighted by Crippen LogP contribution is 2.53. The first-order chi connectivity index (χ1) is 13.1. The number of likely N-dealkylation sites (tertiary alicyclic amines) is 1. The molecule has 4 atom stereocenters. The number of amides is 2. The third-order valence-corrected chi connectivity index (χ3v) is 7.07. The van der Waals surface area contributed by atoms with Gasteiger partial charge in [0.15, 0.2) is 0 Å². The Kier molecular flexibility index (Phi) is 5.34. The Balaban J connectivity index is 1.34. The standard InChI is InChI=1S/C20H33N3O4/c1-4-21(5-2)19(24)18-16-9-22(10-17(16)18)13-7-14-11-26-12-15(8-13)23(14)20(25)27-6-3/h13-18H,4-12H2,1-3H3. The van der Waals surface area contributed by atoms with Crippen molar-refractivity contribution < 1.29 is 19.1 Å². The number of rotatable bonds is 5. The van der Waals surface area contributed by atoms with Crippen LogP contribution in [0.4, 0.5) is 4.79 Å². The maximum absolute atomic E-state index is 12.6. The van der Waals surface area contributed by atoms with Crippen molar-refractivity contribution >= 4 is 12.0 Å². The number of fused-ring (bicyclic) bond motifs is 3. The molecule has 3 saturated heterocycles. The van der Waals surface area contributed by atoms with Gasteiger partial charge in [0.05, 0.1) is 31.9 Å². The van der Waals surface area contributed by atoms with Crippen LogP contribution in [0.15, 0.2) is 0 Å². The van der Waals surface area contributed by atoms with Gasteiger partial charge >= 0.3 is 6.09 Å². The molecule has 27 heavy (non-hydrogen) atoms. The van der Waals surface area contributed by atoms with E-state index in [4.69, 9.17) is 9.47 Å². The van der Waals surface area contributed by atoms with E-state index >= 15 is 0 Å². The molecule has 7 nitrogen and oxygen atoms in total. The topological polar surface area (TPSA) is 62.3 Å². The second-order valence-electron chi connectivity index (χ2n) is 8.39. The van der Waals surface area contributed by atoms with E-state index in [1.807, 2.05) is 16.7 Å². The van der Waals surface area contributed by atoms with Crippen molar-refractivity contribution in [2.75, 3.05) is 46.0 Å². The summed E-state index contributed by atoms with van der Waals surface area (Å²) in [5, 5.41) is 0. The van der Waals surface area contributed by atoms with Crippen LogP contribution in [-0.4, -0.2) is 90.8 Å². The third kappa shape index (κ3) is 3.33. The Morgan fingerprint density at radius 2 is 1.59 bits per heavy atom. The zero-order valence-corrected chi connectivity index (χ0v) is 16.8. The van der Waals surface area contributed by atoms with Crippen molar-refractivity contribution in [2.45, 2.75) is 51.7 Å². The zero-order chi connectivity index (χ0) is 19.1. The molecule has 0 radical (unpaired) electrons. The highest BCUT2D eigenvalue weighted by molar-refractivity contribution is 5.82. The molecular formula is C20H33N3O4. The van der Waals surface area contributed by atoms with Gasteiger partial charge in [-0.3, -0.25) is 14.6 Å². The molecule has 0 aromatic carbocycles. The van der Waals surface area contributed by atoms with Crippen LogP contribution in [0.1, 0.15) is 33.6 Å². The molecule has 1 saturated carbocycles. The lowest BCUT2D eigenvalue weighted by molar-refractivity contribution is -0.133. The van der Waals surface area contributed by atoms with Gasteiger partial charge in [-0.25, -0.2) is 4.79 Å². The molecule has 4 rings (SSSR count). The van der Waals surface area contributed by atoms with Gasteiger partial charge in [0.2, 0.25) is 5.91 Å². The molecule has 1 aliphatic carbocycles. The molecule has 2 bridgehead atoms. The maximum atomic E-state index is 12.6. The number of nitrogens with zero attached hydrogens (tertiary/aromatic N) is 3. The van der Waals surface area contributed by atoms with Crippen molar-refractivity contribution in [3.8, 4) is 0 Å². The van der Waals surface area contributed by atoms with Crippen molar-refractivity contribution in [1.82, 2.24) is 14.7 Å². The normalized spacial score (nSPS) is 37.7. The first kappa shape index (κ1) is 19.0. The van der Waals surface area contributed by atoms with Crippen LogP contribution in [0.5, 0.6) is 0 Å². The molecule has 0 spiro atoms. The van der Waals surface area contributed by atoms with Gasteiger partial charge < -0.3 is 14.4 Å². The van der Waals surface area contributed by atoms with Gasteiger partial charge in [-0.2, -0.15) is 0 Å². The number of hydrogen-bond donors (Lipinski definition) is 0. The zero-order valence-electron chi connectivity index (χ0n) is 16.8. The number of hydrogen-bond acceptors (Lipinski definition) is 5. The molecule has 0 aromatic heterocycles. The minimum absolute atomic E-state index is 0.117. The lowest BCUT2D eigenvalue weighted by Crippen LogP contribution is -2.62.